The maximum atomic E-state index is 2.43. The van der Waals surface area contributed by atoms with Crippen LogP contribution in [0.25, 0.3) is 0 Å². The summed E-state index contributed by atoms with van der Waals surface area (Å²) < 4.78 is 0.0458. The van der Waals surface area contributed by atoms with Crippen LogP contribution in [0.1, 0.15) is 75.6 Å². The fourth-order valence-electron chi connectivity index (χ4n) is 5.31. The summed E-state index contributed by atoms with van der Waals surface area (Å²) in [7, 11) is 0. The number of hydrogen-bond donors (Lipinski definition) is 0. The first-order valence-electron chi connectivity index (χ1n) is 12.6. The standard InChI is InChI=1S/C30H36.2Li/c1-5-23(3)21-29(25-13-9-7-10-14-25)27-17-19-28(20-18-27)30(22-24(4)6-2)26-15-11-8-12-16-26;;/h7-20,23-24H,5-6,21-22H2,1-4H3;;. The van der Waals surface area contributed by atoms with Gasteiger partial charge in [-0.05, 0) is 0 Å². The van der Waals surface area contributed by atoms with Crippen LogP contribution in [0.3, 0.4) is 0 Å². The molecule has 2 heteroatoms. The van der Waals surface area contributed by atoms with Gasteiger partial charge in [0.25, 0.3) is 0 Å². The van der Waals surface area contributed by atoms with E-state index in [-0.39, 0.29) is 8.18 Å². The Bertz CT molecular complexity index is 871. The van der Waals surface area contributed by atoms with Gasteiger partial charge >= 0.3 is 216 Å². The monoisotopic (exact) mass is 410 g/mol. The van der Waals surface area contributed by atoms with Crippen LogP contribution in [0.4, 0.5) is 0 Å². The van der Waals surface area contributed by atoms with E-state index >= 15 is 0 Å². The van der Waals surface area contributed by atoms with E-state index in [2.05, 4.69) is 148 Å². The summed E-state index contributed by atoms with van der Waals surface area (Å²) in [5.74, 6) is 1.36. The van der Waals surface area contributed by atoms with Crippen LogP contribution in [0.15, 0.2) is 84.9 Å². The van der Waals surface area contributed by atoms with Crippen LogP contribution in [0.2, 0.25) is 0 Å². The molecular formula is C30H36Li2. The van der Waals surface area contributed by atoms with Gasteiger partial charge in [-0.1, -0.05) is 0 Å². The van der Waals surface area contributed by atoms with Gasteiger partial charge in [-0.25, -0.2) is 0 Å². The van der Waals surface area contributed by atoms with E-state index < -0.39 is 0 Å². The average Bonchev–Trinajstić information content (AvgIpc) is 2.84. The Labute approximate surface area is 215 Å². The summed E-state index contributed by atoms with van der Waals surface area (Å²) in [6, 6.07) is 31.8. The van der Waals surface area contributed by atoms with Crippen molar-refractivity contribution < 1.29 is 0 Å². The van der Waals surface area contributed by atoms with Crippen molar-refractivity contribution in [1.29, 1.82) is 0 Å². The summed E-state index contributed by atoms with van der Waals surface area (Å²) in [5, 5.41) is 0. The third-order valence-electron chi connectivity index (χ3n) is 7.89. The molecule has 0 aliphatic rings. The van der Waals surface area contributed by atoms with E-state index in [4.69, 9.17) is 0 Å². The third-order valence-corrected chi connectivity index (χ3v) is 7.89. The minimum atomic E-state index is 0.0229. The van der Waals surface area contributed by atoms with Crippen LogP contribution in [0, 0.1) is 11.8 Å². The predicted molar refractivity (Wildman–Crippen MR) is 141 cm³/mol. The molecule has 3 aromatic rings. The Morgan fingerprint density at radius 1 is 0.531 bits per heavy atom. The Morgan fingerprint density at radius 3 is 1.09 bits per heavy atom. The molecule has 0 amide bonds. The first kappa shape index (κ1) is 25.5. The molecule has 3 rings (SSSR count). The summed E-state index contributed by atoms with van der Waals surface area (Å²) in [6.07, 6.45) is 4.74. The van der Waals surface area contributed by atoms with Crippen molar-refractivity contribution in [1.82, 2.24) is 0 Å². The molecule has 0 radical (unpaired) electrons. The Hall–Kier alpha value is -1.15. The number of hydrogen-bond acceptors (Lipinski definition) is 0. The van der Waals surface area contributed by atoms with Gasteiger partial charge in [-0.2, -0.15) is 0 Å². The molecule has 0 aliphatic heterocycles. The summed E-state index contributed by atoms with van der Waals surface area (Å²) in [5.41, 5.74) is 5.68. The quantitative estimate of drug-likeness (QED) is 0.306. The summed E-state index contributed by atoms with van der Waals surface area (Å²) in [6.45, 7) is 9.38. The van der Waals surface area contributed by atoms with Crippen LogP contribution in [-0.2, 0) is 8.18 Å². The van der Waals surface area contributed by atoms with E-state index in [0.717, 1.165) is 12.8 Å². The van der Waals surface area contributed by atoms with E-state index in [0.29, 0.717) is 11.8 Å². The van der Waals surface area contributed by atoms with Crippen molar-refractivity contribution in [2.75, 3.05) is 0 Å². The van der Waals surface area contributed by atoms with E-state index in [1.165, 1.54) is 35.1 Å². The van der Waals surface area contributed by atoms with Crippen molar-refractivity contribution in [3.8, 4) is 0 Å². The Kier molecular flexibility index (Phi) is 9.01. The second-order valence-electron chi connectivity index (χ2n) is 10.4. The van der Waals surface area contributed by atoms with Crippen molar-refractivity contribution in [3.63, 3.8) is 0 Å². The first-order valence-corrected chi connectivity index (χ1v) is 12.6. The van der Waals surface area contributed by atoms with Crippen molar-refractivity contribution in [2.24, 2.45) is 11.8 Å². The fraction of sp³-hybridized carbons (Fsp3) is 0.400. The second kappa shape index (κ2) is 11.3. The molecule has 158 valence electrons. The first-order chi connectivity index (χ1) is 15.3. The minimum absolute atomic E-state index is 0.0229. The van der Waals surface area contributed by atoms with E-state index in [1.807, 2.05) is 0 Å². The fourth-order valence-corrected chi connectivity index (χ4v) is 5.31. The normalized spacial score (nSPS) is 17.2. The SMILES string of the molecule is [Li][C](CC(C)CC)(c1ccccc1)c1ccc([C]([Li])(CC(C)CC)c2ccccc2)cc1. The molecular weight excluding hydrogens is 374 g/mol. The molecule has 0 fully saturated rings. The molecule has 0 N–H and O–H groups in total. The number of rotatable bonds is 10. The van der Waals surface area contributed by atoms with E-state index in [9.17, 15) is 0 Å². The van der Waals surface area contributed by atoms with Gasteiger partial charge in [0, 0.05) is 0 Å². The Balaban J connectivity index is 2.04. The van der Waals surface area contributed by atoms with Gasteiger partial charge in [0.2, 0.25) is 0 Å². The average molecular weight is 411 g/mol. The van der Waals surface area contributed by atoms with Gasteiger partial charge in [-0.15, -0.1) is 0 Å². The summed E-state index contributed by atoms with van der Waals surface area (Å²) >= 11 is 4.86. The van der Waals surface area contributed by atoms with Crippen LogP contribution in [0.5, 0.6) is 0 Å². The second-order valence-corrected chi connectivity index (χ2v) is 10.4. The summed E-state index contributed by atoms with van der Waals surface area (Å²) in [4.78, 5) is 0. The molecule has 0 nitrogen and oxygen atoms in total. The van der Waals surface area contributed by atoms with Crippen molar-refractivity contribution in [3.05, 3.63) is 107 Å². The van der Waals surface area contributed by atoms with Gasteiger partial charge in [-0.3, -0.25) is 0 Å². The van der Waals surface area contributed by atoms with Crippen molar-refractivity contribution in [2.45, 2.75) is 61.6 Å². The molecule has 0 saturated heterocycles. The molecule has 4 unspecified atom stereocenters. The van der Waals surface area contributed by atoms with Crippen LogP contribution in [-0.4, -0.2) is 35.4 Å². The zero-order valence-corrected chi connectivity index (χ0v) is 21.1. The Morgan fingerprint density at radius 2 is 0.812 bits per heavy atom. The maximum absolute atomic E-state index is 2.43. The molecule has 0 aromatic heterocycles. The van der Waals surface area contributed by atoms with Gasteiger partial charge in [0.05, 0.1) is 0 Å². The molecule has 4 atom stereocenters. The van der Waals surface area contributed by atoms with Crippen LogP contribution >= 0.6 is 0 Å². The van der Waals surface area contributed by atoms with Crippen molar-refractivity contribution >= 4 is 35.4 Å². The van der Waals surface area contributed by atoms with Gasteiger partial charge in [0.1, 0.15) is 0 Å². The molecule has 0 aliphatic carbocycles. The van der Waals surface area contributed by atoms with Crippen LogP contribution < -0.4 is 0 Å². The topological polar surface area (TPSA) is 0 Å². The molecule has 0 spiro atoms. The molecule has 0 saturated carbocycles. The zero-order chi connectivity index (χ0) is 23.2. The van der Waals surface area contributed by atoms with Gasteiger partial charge < -0.3 is 0 Å². The molecule has 0 bridgehead atoms. The van der Waals surface area contributed by atoms with E-state index in [1.54, 1.807) is 0 Å². The molecule has 0 heterocycles. The predicted octanol–water partition coefficient (Wildman–Crippen LogP) is 7.38. The molecule has 32 heavy (non-hydrogen) atoms. The third kappa shape index (κ3) is 5.67. The zero-order valence-electron chi connectivity index (χ0n) is 21.1. The van der Waals surface area contributed by atoms with Gasteiger partial charge in [0.15, 0.2) is 0 Å². The number of benzene rings is 3. The molecule has 3 aromatic carbocycles.